The van der Waals surface area contributed by atoms with Gasteiger partial charge in [0.25, 0.3) is 0 Å². The fourth-order valence-corrected chi connectivity index (χ4v) is 3.54. The van der Waals surface area contributed by atoms with E-state index < -0.39 is 10.0 Å². The van der Waals surface area contributed by atoms with E-state index >= 15 is 0 Å². The van der Waals surface area contributed by atoms with Gasteiger partial charge < -0.3 is 4.90 Å². The molecule has 0 aliphatic rings. The first kappa shape index (κ1) is 19.9. The summed E-state index contributed by atoms with van der Waals surface area (Å²) in [6, 6.07) is 8.39. The van der Waals surface area contributed by atoms with E-state index in [1.807, 2.05) is 6.07 Å². The minimum absolute atomic E-state index is 0.204. The summed E-state index contributed by atoms with van der Waals surface area (Å²) in [5.74, 6) is -0.204. The molecule has 1 rings (SSSR count). The van der Waals surface area contributed by atoms with Crippen LogP contribution < -0.4 is 0 Å². The summed E-state index contributed by atoms with van der Waals surface area (Å²) >= 11 is 0. The third-order valence-electron chi connectivity index (χ3n) is 3.58. The molecular weight excluding hydrogens is 326 g/mol. The van der Waals surface area contributed by atoms with Crippen LogP contribution in [0.2, 0.25) is 0 Å². The van der Waals surface area contributed by atoms with E-state index in [1.54, 1.807) is 39.1 Å². The fraction of sp³-hybridized carbons (Fsp3) is 0.412. The average molecular weight is 349 g/mol. The highest BCUT2D eigenvalue weighted by molar-refractivity contribution is 7.89. The van der Waals surface area contributed by atoms with Gasteiger partial charge in [-0.05, 0) is 23.8 Å². The molecule has 0 fully saturated rings. The first-order valence-corrected chi connectivity index (χ1v) is 9.21. The minimum Gasteiger partial charge on any atom is -0.341 e. The van der Waals surface area contributed by atoms with E-state index in [1.165, 1.54) is 27.4 Å². The van der Waals surface area contributed by atoms with Crippen LogP contribution in [0.3, 0.4) is 0 Å². The number of nitrogens with zero attached hydrogens (tertiary/aromatic N) is 3. The molecule has 1 aromatic rings. The van der Waals surface area contributed by atoms with Gasteiger partial charge in [-0.15, -0.1) is 0 Å². The average Bonchev–Trinajstić information content (AvgIpc) is 2.58. The predicted molar refractivity (Wildman–Crippen MR) is 93.4 cm³/mol. The van der Waals surface area contributed by atoms with Gasteiger partial charge in [0.2, 0.25) is 15.9 Å². The van der Waals surface area contributed by atoms with Crippen LogP contribution in [0.1, 0.15) is 25.8 Å². The normalized spacial score (nSPS) is 11.6. The van der Waals surface area contributed by atoms with Crippen LogP contribution in [-0.2, 0) is 14.8 Å². The molecule has 0 aliphatic heterocycles. The van der Waals surface area contributed by atoms with E-state index in [2.05, 4.69) is 0 Å². The summed E-state index contributed by atoms with van der Waals surface area (Å²) in [5, 5.41) is 8.51. The number of hydrogen-bond acceptors (Lipinski definition) is 4. The molecule has 6 nitrogen and oxygen atoms in total. The number of sulfonamides is 1. The number of amides is 1. The molecule has 0 heterocycles. The largest absolute Gasteiger partial charge is 0.341 e. The topological polar surface area (TPSA) is 81.5 Å². The zero-order chi connectivity index (χ0) is 18.2. The molecule has 0 unspecified atom stereocenters. The maximum atomic E-state index is 12.4. The van der Waals surface area contributed by atoms with Crippen LogP contribution in [0.25, 0.3) is 6.08 Å². The van der Waals surface area contributed by atoms with E-state index in [9.17, 15) is 13.2 Å². The van der Waals surface area contributed by atoms with Crippen molar-refractivity contribution in [3.63, 3.8) is 0 Å². The monoisotopic (exact) mass is 349 g/mol. The number of rotatable bonds is 8. The Balaban J connectivity index is 2.83. The van der Waals surface area contributed by atoms with Crippen LogP contribution in [0.5, 0.6) is 0 Å². The molecule has 24 heavy (non-hydrogen) atoms. The van der Waals surface area contributed by atoms with Crippen molar-refractivity contribution in [3.8, 4) is 6.07 Å². The number of nitriles is 1. The minimum atomic E-state index is -3.47. The maximum absolute atomic E-state index is 12.4. The predicted octanol–water partition coefficient (Wildman–Crippen LogP) is 2.10. The SMILES string of the molecule is CCN(CC)S(=O)(=O)c1ccc(/C=C/C(=O)N(C)CCC#N)cc1. The molecule has 0 saturated carbocycles. The van der Waals surface area contributed by atoms with Crippen LogP contribution in [0, 0.1) is 11.3 Å². The van der Waals surface area contributed by atoms with Gasteiger partial charge in [-0.25, -0.2) is 8.42 Å². The van der Waals surface area contributed by atoms with Gasteiger partial charge in [-0.2, -0.15) is 9.57 Å². The first-order valence-electron chi connectivity index (χ1n) is 7.77. The van der Waals surface area contributed by atoms with Crippen molar-refractivity contribution in [1.82, 2.24) is 9.21 Å². The molecule has 0 bridgehead atoms. The van der Waals surface area contributed by atoms with Crippen LogP contribution in [0.15, 0.2) is 35.2 Å². The van der Waals surface area contributed by atoms with Gasteiger partial charge in [0, 0.05) is 32.8 Å². The van der Waals surface area contributed by atoms with Crippen LogP contribution in [0.4, 0.5) is 0 Å². The molecule has 0 radical (unpaired) electrons. The zero-order valence-electron chi connectivity index (χ0n) is 14.3. The summed E-state index contributed by atoms with van der Waals surface area (Å²) in [5.41, 5.74) is 0.732. The number of benzene rings is 1. The summed E-state index contributed by atoms with van der Waals surface area (Å²) in [4.78, 5) is 13.5. The van der Waals surface area contributed by atoms with Crippen molar-refractivity contribution in [3.05, 3.63) is 35.9 Å². The van der Waals surface area contributed by atoms with Gasteiger partial charge >= 0.3 is 0 Å². The second kappa shape index (κ2) is 9.21. The quantitative estimate of drug-likeness (QED) is 0.673. The number of carbonyl (C=O) groups is 1. The number of carbonyl (C=O) groups excluding carboxylic acids is 1. The van der Waals surface area contributed by atoms with Crippen molar-refractivity contribution < 1.29 is 13.2 Å². The van der Waals surface area contributed by atoms with E-state index in [4.69, 9.17) is 5.26 Å². The smallest absolute Gasteiger partial charge is 0.246 e. The van der Waals surface area contributed by atoms with Crippen molar-refractivity contribution in [1.29, 1.82) is 5.26 Å². The Hall–Kier alpha value is -2.17. The van der Waals surface area contributed by atoms with Crippen LogP contribution >= 0.6 is 0 Å². The highest BCUT2D eigenvalue weighted by atomic mass is 32.2. The van der Waals surface area contributed by atoms with Crippen LogP contribution in [-0.4, -0.2) is 50.2 Å². The third-order valence-corrected chi connectivity index (χ3v) is 5.64. The Morgan fingerprint density at radius 3 is 2.29 bits per heavy atom. The molecular formula is C17H23N3O3S. The lowest BCUT2D eigenvalue weighted by Gasteiger charge is -2.18. The van der Waals surface area contributed by atoms with Crippen molar-refractivity contribution in [2.75, 3.05) is 26.7 Å². The highest BCUT2D eigenvalue weighted by Gasteiger charge is 2.20. The Kier molecular flexibility index (Phi) is 7.62. The standard InChI is InChI=1S/C17H23N3O3S/c1-4-20(5-2)24(22,23)16-10-7-15(8-11-16)9-12-17(21)19(3)14-6-13-18/h7-12H,4-6,14H2,1-3H3/b12-9+. The third kappa shape index (κ3) is 5.18. The highest BCUT2D eigenvalue weighted by Crippen LogP contribution is 2.16. The molecule has 0 aliphatic carbocycles. The Morgan fingerprint density at radius 2 is 1.79 bits per heavy atom. The number of likely N-dealkylation sites (N-methyl/N-ethyl adjacent to an activating group) is 1. The second-order valence-electron chi connectivity index (χ2n) is 5.16. The maximum Gasteiger partial charge on any atom is 0.246 e. The summed E-state index contributed by atoms with van der Waals surface area (Å²) < 4.78 is 26.2. The van der Waals surface area contributed by atoms with Crippen molar-refractivity contribution in [2.24, 2.45) is 0 Å². The number of hydrogen-bond donors (Lipinski definition) is 0. The molecule has 0 aromatic heterocycles. The lowest BCUT2D eigenvalue weighted by atomic mass is 10.2. The molecule has 0 N–H and O–H groups in total. The summed E-state index contributed by atoms with van der Waals surface area (Å²) in [7, 11) is -1.84. The molecule has 7 heteroatoms. The molecule has 0 atom stereocenters. The molecule has 1 aromatic carbocycles. The summed E-state index contributed by atoms with van der Waals surface area (Å²) in [6.45, 7) is 4.81. The van der Waals surface area contributed by atoms with Gasteiger partial charge in [0.1, 0.15) is 0 Å². The van der Waals surface area contributed by atoms with E-state index in [0.29, 0.717) is 19.6 Å². The Labute approximate surface area is 144 Å². The second-order valence-corrected chi connectivity index (χ2v) is 7.10. The first-order chi connectivity index (χ1) is 11.4. The Bertz CT molecular complexity index is 714. The zero-order valence-corrected chi connectivity index (χ0v) is 15.1. The molecule has 0 spiro atoms. The Morgan fingerprint density at radius 1 is 1.21 bits per heavy atom. The molecule has 130 valence electrons. The summed E-state index contributed by atoms with van der Waals surface area (Å²) in [6.07, 6.45) is 3.32. The van der Waals surface area contributed by atoms with Gasteiger partial charge in [0.05, 0.1) is 17.4 Å². The van der Waals surface area contributed by atoms with Crippen molar-refractivity contribution in [2.45, 2.75) is 25.2 Å². The van der Waals surface area contributed by atoms with Gasteiger partial charge in [-0.1, -0.05) is 26.0 Å². The molecule has 0 saturated heterocycles. The lowest BCUT2D eigenvalue weighted by Crippen LogP contribution is -2.30. The van der Waals surface area contributed by atoms with Gasteiger partial charge in [0.15, 0.2) is 0 Å². The lowest BCUT2D eigenvalue weighted by molar-refractivity contribution is -0.124. The van der Waals surface area contributed by atoms with Gasteiger partial charge in [-0.3, -0.25) is 4.79 Å². The van der Waals surface area contributed by atoms with E-state index in [0.717, 1.165) is 5.56 Å². The van der Waals surface area contributed by atoms with Crippen molar-refractivity contribution >= 4 is 22.0 Å². The fourth-order valence-electron chi connectivity index (χ4n) is 2.09. The van der Waals surface area contributed by atoms with E-state index in [-0.39, 0.29) is 17.2 Å². The molecule has 1 amide bonds.